The van der Waals surface area contributed by atoms with Gasteiger partial charge >= 0.3 is 0 Å². The van der Waals surface area contributed by atoms with E-state index in [1.807, 2.05) is 4.90 Å². The summed E-state index contributed by atoms with van der Waals surface area (Å²) in [5.74, 6) is -1.81. The summed E-state index contributed by atoms with van der Waals surface area (Å²) in [7, 11) is -7.78. The second kappa shape index (κ2) is 8.60. The Labute approximate surface area is 216 Å². The number of likely N-dealkylation sites (tertiary alicyclic amines) is 1. The van der Waals surface area contributed by atoms with Crippen LogP contribution in [0.3, 0.4) is 0 Å². The first-order valence-corrected chi connectivity index (χ1v) is 16.4. The highest BCUT2D eigenvalue weighted by Crippen LogP contribution is 2.54. The first-order chi connectivity index (χ1) is 16.7. The molecule has 0 radical (unpaired) electrons. The van der Waals surface area contributed by atoms with Crippen LogP contribution in [0.5, 0.6) is 0 Å². The number of anilines is 1. The van der Waals surface area contributed by atoms with Gasteiger partial charge in [-0.1, -0.05) is 20.8 Å². The Kier molecular flexibility index (Phi) is 6.17. The molecule has 1 aromatic rings. The van der Waals surface area contributed by atoms with Crippen LogP contribution < -0.4 is 10.0 Å². The number of piperidine rings is 1. The molecule has 3 heterocycles. The molecule has 2 aliphatic carbocycles. The molecule has 1 aromatic heterocycles. The number of thiophene rings is 1. The number of carbonyl (C=O) groups excluding carboxylic acids is 2. The van der Waals surface area contributed by atoms with Crippen molar-refractivity contribution in [1.29, 1.82) is 0 Å². The molecule has 10 nitrogen and oxygen atoms in total. The van der Waals surface area contributed by atoms with Gasteiger partial charge in [0.05, 0.1) is 6.26 Å². The Bertz CT molecular complexity index is 1360. The molecule has 3 fully saturated rings. The number of nitrogens with one attached hydrogen (secondary N) is 2. The molecular weight excluding hydrogens is 524 g/mol. The minimum atomic E-state index is -4.25. The molecule has 1 amide bonds. The van der Waals surface area contributed by atoms with Gasteiger partial charge in [0.15, 0.2) is 11.7 Å². The average molecular weight is 557 g/mol. The quantitative estimate of drug-likeness (QED) is 0.512. The van der Waals surface area contributed by atoms with Crippen molar-refractivity contribution in [3.63, 3.8) is 0 Å². The molecular formula is C23H32N4O6S3. The number of carbonyl (C=O) groups is 2. The zero-order chi connectivity index (χ0) is 26.2. The molecule has 5 atom stereocenters. The third-order valence-electron chi connectivity index (χ3n) is 7.81. The molecule has 0 spiro atoms. The lowest BCUT2D eigenvalue weighted by molar-refractivity contribution is -0.152. The Balaban J connectivity index is 1.48. The van der Waals surface area contributed by atoms with Crippen molar-refractivity contribution < 1.29 is 26.4 Å². The number of nitrogens with zero attached hydrogens (tertiary/aromatic N) is 2. The monoisotopic (exact) mass is 556 g/mol. The lowest BCUT2D eigenvalue weighted by Gasteiger charge is -2.46. The molecule has 2 bridgehead atoms. The van der Waals surface area contributed by atoms with Crippen LogP contribution in [0.1, 0.15) is 52.0 Å². The van der Waals surface area contributed by atoms with Gasteiger partial charge in [-0.25, -0.2) is 13.1 Å². The van der Waals surface area contributed by atoms with E-state index in [0.717, 1.165) is 43.3 Å². The van der Waals surface area contributed by atoms with Gasteiger partial charge in [-0.3, -0.25) is 9.59 Å². The molecule has 36 heavy (non-hydrogen) atoms. The minimum absolute atomic E-state index is 0.00340. The number of sulfonamides is 2. The number of rotatable bonds is 6. The Morgan fingerprint density at radius 3 is 2.58 bits per heavy atom. The van der Waals surface area contributed by atoms with Gasteiger partial charge in [-0.2, -0.15) is 8.42 Å². The zero-order valence-electron chi connectivity index (χ0n) is 20.8. The molecule has 4 aliphatic rings. The van der Waals surface area contributed by atoms with E-state index in [9.17, 15) is 26.4 Å². The van der Waals surface area contributed by atoms with Crippen LogP contribution in [0.25, 0.3) is 0 Å². The highest BCUT2D eigenvalue weighted by Gasteiger charge is 2.60. The standard InChI is InChI=1S/C23H32N4O6S3/c1-23(2,3)7-8-27-17-13-6-5-12(9-13)15(17)18(28)16(22(27)29)20-25-21-19(36(32,33)26-20)14(11-34-21)10-24-35(4,30)31/h11-13,15-17,24H,5-10H2,1-4H3,(H,25,26)/t12-,13+,15?,16?,17?/m0/s1. The topological polar surface area (TPSA) is 142 Å². The zero-order valence-corrected chi connectivity index (χ0v) is 23.2. The Morgan fingerprint density at radius 2 is 1.92 bits per heavy atom. The fourth-order valence-corrected chi connectivity index (χ4v) is 9.29. The fraction of sp³-hybridized carbons (Fsp3) is 0.696. The van der Waals surface area contributed by atoms with Crippen LogP contribution in [0.15, 0.2) is 14.7 Å². The largest absolute Gasteiger partial charge is 0.338 e. The van der Waals surface area contributed by atoms with Crippen LogP contribution >= 0.6 is 11.3 Å². The third kappa shape index (κ3) is 4.52. The molecule has 2 saturated carbocycles. The van der Waals surface area contributed by atoms with Crippen LogP contribution in [0.4, 0.5) is 5.00 Å². The number of hydrogen-bond donors (Lipinski definition) is 2. The Hall–Kier alpha value is -1.83. The maximum absolute atomic E-state index is 13.8. The maximum Gasteiger partial charge on any atom is 0.287 e. The SMILES string of the molecule is CC(C)(C)CCN1C(=O)C(C2=NS(=O)(=O)c3c(CNS(C)(=O)=O)csc3N2)C(=O)C2C1[C@@H]1CC[C@H]2C1. The van der Waals surface area contributed by atoms with Gasteiger partial charge in [0.2, 0.25) is 15.9 Å². The second-order valence-electron chi connectivity index (χ2n) is 11.6. The van der Waals surface area contributed by atoms with Gasteiger partial charge in [0, 0.05) is 30.6 Å². The van der Waals surface area contributed by atoms with E-state index in [1.54, 1.807) is 0 Å². The summed E-state index contributed by atoms with van der Waals surface area (Å²) in [6.45, 7) is 6.63. The molecule has 0 aromatic carbocycles. The predicted octanol–water partition coefficient (Wildman–Crippen LogP) is 2.19. The van der Waals surface area contributed by atoms with Gasteiger partial charge < -0.3 is 10.2 Å². The van der Waals surface area contributed by atoms with Crippen molar-refractivity contribution in [2.45, 2.75) is 63.9 Å². The maximum atomic E-state index is 13.8. The second-order valence-corrected chi connectivity index (χ2v) is 15.9. The van der Waals surface area contributed by atoms with E-state index < -0.39 is 26.0 Å². The predicted molar refractivity (Wildman–Crippen MR) is 137 cm³/mol. The van der Waals surface area contributed by atoms with Crippen molar-refractivity contribution in [2.24, 2.45) is 33.5 Å². The van der Waals surface area contributed by atoms with E-state index in [1.165, 1.54) is 5.38 Å². The molecule has 5 rings (SSSR count). The van der Waals surface area contributed by atoms with Gasteiger partial charge in [-0.15, -0.1) is 15.7 Å². The third-order valence-corrected chi connectivity index (χ3v) is 11.0. The number of hydrogen-bond acceptors (Lipinski definition) is 8. The number of amidine groups is 1. The number of fused-ring (bicyclic) bond motifs is 6. The van der Waals surface area contributed by atoms with E-state index >= 15 is 0 Å². The smallest absolute Gasteiger partial charge is 0.287 e. The van der Waals surface area contributed by atoms with Crippen molar-refractivity contribution in [3.8, 4) is 0 Å². The summed E-state index contributed by atoms with van der Waals surface area (Å²) in [4.78, 5) is 29.3. The van der Waals surface area contributed by atoms with Crippen LogP contribution in [0.2, 0.25) is 0 Å². The lowest BCUT2D eigenvalue weighted by atomic mass is 9.72. The summed E-state index contributed by atoms with van der Waals surface area (Å²) < 4.78 is 55.6. The summed E-state index contributed by atoms with van der Waals surface area (Å²) in [6, 6.07) is -0.117. The lowest BCUT2D eigenvalue weighted by Crippen LogP contribution is -2.62. The highest BCUT2D eigenvalue weighted by atomic mass is 32.2. The number of amides is 1. The van der Waals surface area contributed by atoms with E-state index in [0.29, 0.717) is 12.5 Å². The fourth-order valence-electron chi connectivity index (χ4n) is 6.23. The van der Waals surface area contributed by atoms with E-state index in [4.69, 9.17) is 0 Å². The van der Waals surface area contributed by atoms with Crippen molar-refractivity contribution in [3.05, 3.63) is 10.9 Å². The summed E-state index contributed by atoms with van der Waals surface area (Å²) >= 11 is 1.08. The van der Waals surface area contributed by atoms with Gasteiger partial charge in [0.25, 0.3) is 10.0 Å². The molecule has 13 heteroatoms. The van der Waals surface area contributed by atoms with E-state index in [-0.39, 0.29) is 62.8 Å². The van der Waals surface area contributed by atoms with Gasteiger partial charge in [-0.05, 0) is 48.3 Å². The normalized spacial score (nSPS) is 31.2. The van der Waals surface area contributed by atoms with E-state index in [2.05, 4.69) is 35.2 Å². The minimum Gasteiger partial charge on any atom is -0.338 e. The first-order valence-electron chi connectivity index (χ1n) is 12.2. The molecule has 2 N–H and O–H groups in total. The summed E-state index contributed by atoms with van der Waals surface area (Å²) in [6.07, 6.45) is 4.65. The summed E-state index contributed by atoms with van der Waals surface area (Å²) in [5, 5.41) is 4.74. The summed E-state index contributed by atoms with van der Waals surface area (Å²) in [5.41, 5.74) is 0.258. The highest BCUT2D eigenvalue weighted by molar-refractivity contribution is 7.91. The average Bonchev–Trinajstić information content (AvgIpc) is 3.45. The van der Waals surface area contributed by atoms with Crippen LogP contribution in [-0.4, -0.2) is 58.1 Å². The molecule has 1 saturated heterocycles. The number of Topliss-reactive ketones (excluding diaryl/α,β-unsaturated/α-hetero) is 1. The van der Waals surface area contributed by atoms with Gasteiger partial charge in [0.1, 0.15) is 15.7 Å². The van der Waals surface area contributed by atoms with Crippen LogP contribution in [-0.2, 0) is 36.2 Å². The molecule has 3 unspecified atom stereocenters. The molecule has 198 valence electrons. The van der Waals surface area contributed by atoms with Crippen molar-refractivity contribution >= 4 is 53.9 Å². The molecule has 2 aliphatic heterocycles. The Morgan fingerprint density at radius 1 is 1.22 bits per heavy atom. The number of ketones is 1. The first kappa shape index (κ1) is 25.8. The van der Waals surface area contributed by atoms with Crippen molar-refractivity contribution in [1.82, 2.24) is 9.62 Å². The van der Waals surface area contributed by atoms with Crippen molar-refractivity contribution in [2.75, 3.05) is 18.1 Å². The van der Waals surface area contributed by atoms with Crippen LogP contribution in [0, 0.1) is 29.1 Å².